The van der Waals surface area contributed by atoms with E-state index in [1.807, 2.05) is 0 Å². The number of aryl methyl sites for hydroxylation is 1. The van der Waals surface area contributed by atoms with Crippen LogP contribution in [0.3, 0.4) is 0 Å². The molecule has 0 amide bonds. The minimum absolute atomic E-state index is 1.23. The van der Waals surface area contributed by atoms with Crippen molar-refractivity contribution in [3.05, 3.63) is 29.8 Å². The summed E-state index contributed by atoms with van der Waals surface area (Å²) in [5.41, 5.74) is 1.47. The quantitative estimate of drug-likeness (QED) is 0.493. The lowest BCUT2D eigenvalue weighted by atomic mass is 10.1. The molecule has 0 spiro atoms. The Morgan fingerprint density at radius 3 is 2.33 bits per heavy atom. The maximum atomic E-state index is 2.71. The van der Waals surface area contributed by atoms with Crippen molar-refractivity contribution < 1.29 is 0 Å². The number of hydrogen-bond acceptors (Lipinski definition) is 0. The predicted molar refractivity (Wildman–Crippen MR) is 59.0 cm³/mol. The lowest BCUT2D eigenvalue weighted by Gasteiger charge is -2.00. The maximum Gasteiger partial charge on any atom is -0.0279 e. The number of rotatable bonds is 4. The minimum atomic E-state index is 1.23. The van der Waals surface area contributed by atoms with E-state index in [0.29, 0.717) is 0 Å². The zero-order valence-corrected chi connectivity index (χ0v) is 8.87. The summed E-state index contributed by atoms with van der Waals surface area (Å²) in [6.07, 6.45) is 5.22. The van der Waals surface area contributed by atoms with E-state index in [-0.39, 0.29) is 0 Å². The van der Waals surface area contributed by atoms with Gasteiger partial charge in [0.2, 0.25) is 0 Å². The molecule has 0 saturated carbocycles. The standard InChI is InChI=1S/C11H17P/c1-2-3-4-5-10-6-8-11(12)9-7-10/h6-9H,2-5,12H2,1H3. The number of unbranched alkanes of at least 4 members (excludes halogenated alkanes) is 2. The van der Waals surface area contributed by atoms with Crippen LogP contribution in [0.25, 0.3) is 0 Å². The highest BCUT2D eigenvalue weighted by molar-refractivity contribution is 7.27. The molecular weight excluding hydrogens is 163 g/mol. The molecule has 0 saturated heterocycles. The van der Waals surface area contributed by atoms with Gasteiger partial charge in [0.05, 0.1) is 0 Å². The van der Waals surface area contributed by atoms with Crippen LogP contribution in [0.1, 0.15) is 31.7 Å². The fourth-order valence-corrected chi connectivity index (χ4v) is 1.46. The van der Waals surface area contributed by atoms with Gasteiger partial charge in [0, 0.05) is 0 Å². The molecule has 0 aliphatic carbocycles. The molecule has 66 valence electrons. The van der Waals surface area contributed by atoms with Gasteiger partial charge in [-0.15, -0.1) is 9.24 Å². The van der Waals surface area contributed by atoms with Crippen LogP contribution in [0.5, 0.6) is 0 Å². The van der Waals surface area contributed by atoms with E-state index in [4.69, 9.17) is 0 Å². The highest BCUT2D eigenvalue weighted by atomic mass is 31.0. The molecule has 0 fully saturated rings. The van der Waals surface area contributed by atoms with Gasteiger partial charge in [-0.05, 0) is 23.7 Å². The molecule has 0 radical (unpaired) electrons. The first-order valence-electron chi connectivity index (χ1n) is 4.67. The Kier molecular flexibility index (Phi) is 4.32. The molecule has 0 bridgehead atoms. The predicted octanol–water partition coefficient (Wildman–Crippen LogP) is 2.92. The van der Waals surface area contributed by atoms with Crippen LogP contribution in [0.2, 0.25) is 0 Å². The summed E-state index contributed by atoms with van der Waals surface area (Å²) >= 11 is 0. The summed E-state index contributed by atoms with van der Waals surface area (Å²) < 4.78 is 0. The molecule has 0 aromatic heterocycles. The van der Waals surface area contributed by atoms with Gasteiger partial charge in [0.25, 0.3) is 0 Å². The molecule has 1 atom stereocenters. The van der Waals surface area contributed by atoms with Crippen LogP contribution < -0.4 is 5.30 Å². The van der Waals surface area contributed by atoms with E-state index in [2.05, 4.69) is 40.4 Å². The molecule has 1 heteroatoms. The Labute approximate surface area is 77.6 Å². The van der Waals surface area contributed by atoms with Crippen molar-refractivity contribution in [3.8, 4) is 0 Å². The summed E-state index contributed by atoms with van der Waals surface area (Å²) in [5, 5.41) is 1.27. The van der Waals surface area contributed by atoms with Crippen molar-refractivity contribution in [2.24, 2.45) is 0 Å². The Morgan fingerprint density at radius 1 is 1.08 bits per heavy atom. The highest BCUT2D eigenvalue weighted by Gasteiger charge is 1.91. The second kappa shape index (κ2) is 5.32. The smallest absolute Gasteiger partial charge is 0.0279 e. The third-order valence-corrected chi connectivity index (χ3v) is 2.43. The molecule has 1 aromatic rings. The third kappa shape index (κ3) is 3.36. The van der Waals surface area contributed by atoms with Crippen molar-refractivity contribution in [1.82, 2.24) is 0 Å². The molecule has 1 rings (SSSR count). The molecule has 0 aliphatic rings. The molecular formula is C11H17P. The Bertz CT molecular complexity index is 213. The van der Waals surface area contributed by atoms with Gasteiger partial charge in [-0.3, -0.25) is 0 Å². The van der Waals surface area contributed by atoms with Crippen molar-refractivity contribution in [2.75, 3.05) is 0 Å². The Morgan fingerprint density at radius 2 is 1.75 bits per heavy atom. The zero-order valence-electron chi connectivity index (χ0n) is 7.72. The van der Waals surface area contributed by atoms with Crippen LogP contribution >= 0.6 is 9.24 Å². The molecule has 0 nitrogen and oxygen atoms in total. The van der Waals surface area contributed by atoms with Crippen LogP contribution in [0.4, 0.5) is 0 Å². The average molecular weight is 180 g/mol. The Balaban J connectivity index is 2.37. The van der Waals surface area contributed by atoms with E-state index in [1.165, 1.54) is 36.6 Å². The van der Waals surface area contributed by atoms with E-state index < -0.39 is 0 Å². The van der Waals surface area contributed by atoms with E-state index in [0.717, 1.165) is 0 Å². The zero-order chi connectivity index (χ0) is 8.81. The van der Waals surface area contributed by atoms with Crippen LogP contribution in [0.15, 0.2) is 24.3 Å². The summed E-state index contributed by atoms with van der Waals surface area (Å²) in [4.78, 5) is 0. The van der Waals surface area contributed by atoms with Crippen LogP contribution in [-0.2, 0) is 6.42 Å². The summed E-state index contributed by atoms with van der Waals surface area (Å²) in [6.45, 7) is 2.24. The highest BCUT2D eigenvalue weighted by Crippen LogP contribution is 2.05. The van der Waals surface area contributed by atoms with Gasteiger partial charge < -0.3 is 0 Å². The minimum Gasteiger partial charge on any atom is -0.106 e. The first-order chi connectivity index (χ1) is 5.83. The lowest BCUT2D eigenvalue weighted by molar-refractivity contribution is 0.717. The molecule has 0 N–H and O–H groups in total. The summed E-state index contributed by atoms with van der Waals surface area (Å²) in [5.74, 6) is 0. The Hall–Kier alpha value is -0.350. The topological polar surface area (TPSA) is 0 Å². The molecule has 12 heavy (non-hydrogen) atoms. The summed E-state index contributed by atoms with van der Waals surface area (Å²) in [6, 6.07) is 8.76. The van der Waals surface area contributed by atoms with Gasteiger partial charge in [0.1, 0.15) is 0 Å². The van der Waals surface area contributed by atoms with E-state index in [9.17, 15) is 0 Å². The maximum absolute atomic E-state index is 2.71. The monoisotopic (exact) mass is 180 g/mol. The van der Waals surface area contributed by atoms with Crippen molar-refractivity contribution >= 4 is 14.5 Å². The average Bonchev–Trinajstić information content (AvgIpc) is 2.09. The van der Waals surface area contributed by atoms with Crippen LogP contribution in [-0.4, -0.2) is 0 Å². The largest absolute Gasteiger partial charge is 0.106 e. The van der Waals surface area contributed by atoms with Crippen molar-refractivity contribution in [2.45, 2.75) is 32.6 Å². The van der Waals surface area contributed by atoms with Gasteiger partial charge in [-0.1, -0.05) is 44.0 Å². The SMILES string of the molecule is CCCCCc1ccc(P)cc1. The van der Waals surface area contributed by atoms with Crippen molar-refractivity contribution in [3.63, 3.8) is 0 Å². The second-order valence-electron chi connectivity index (χ2n) is 3.20. The number of benzene rings is 1. The first kappa shape index (κ1) is 9.74. The van der Waals surface area contributed by atoms with Gasteiger partial charge in [-0.2, -0.15) is 0 Å². The van der Waals surface area contributed by atoms with Crippen LogP contribution in [0, 0.1) is 0 Å². The van der Waals surface area contributed by atoms with Gasteiger partial charge in [-0.25, -0.2) is 0 Å². The third-order valence-electron chi connectivity index (χ3n) is 2.05. The normalized spacial score (nSPS) is 10.2. The molecule has 0 heterocycles. The van der Waals surface area contributed by atoms with Crippen molar-refractivity contribution in [1.29, 1.82) is 0 Å². The molecule has 1 unspecified atom stereocenters. The second-order valence-corrected chi connectivity index (χ2v) is 3.87. The fourth-order valence-electron chi connectivity index (χ4n) is 1.26. The fraction of sp³-hybridized carbons (Fsp3) is 0.455. The molecule has 1 aromatic carbocycles. The van der Waals surface area contributed by atoms with E-state index >= 15 is 0 Å². The number of hydrogen-bond donors (Lipinski definition) is 0. The van der Waals surface area contributed by atoms with E-state index in [1.54, 1.807) is 0 Å². The van der Waals surface area contributed by atoms with Gasteiger partial charge in [0.15, 0.2) is 0 Å². The summed E-state index contributed by atoms with van der Waals surface area (Å²) in [7, 11) is 2.71. The molecule has 0 aliphatic heterocycles. The lowest BCUT2D eigenvalue weighted by Crippen LogP contribution is -1.91. The first-order valence-corrected chi connectivity index (χ1v) is 5.25. The van der Waals surface area contributed by atoms with Gasteiger partial charge >= 0.3 is 0 Å².